The van der Waals surface area contributed by atoms with Gasteiger partial charge in [0.05, 0.1) is 13.2 Å². The lowest BCUT2D eigenvalue weighted by atomic mass is 10.0. The Labute approximate surface area is 152 Å². The van der Waals surface area contributed by atoms with Crippen molar-refractivity contribution in [3.05, 3.63) is 71.8 Å². The zero-order chi connectivity index (χ0) is 18.8. The summed E-state index contributed by atoms with van der Waals surface area (Å²) < 4.78 is 11.3. The fourth-order valence-electron chi connectivity index (χ4n) is 2.30. The molecule has 0 radical (unpaired) electrons. The average molecular weight is 344 g/mol. The Morgan fingerprint density at radius 3 is 2.60 bits per heavy atom. The Balaban J connectivity index is 2.78. The van der Waals surface area contributed by atoms with Crippen LogP contribution in [0.4, 0.5) is 0 Å². The smallest absolute Gasteiger partial charge is 0.119 e. The van der Waals surface area contributed by atoms with Crippen LogP contribution in [0.15, 0.2) is 71.8 Å². The maximum absolute atomic E-state index is 9.12. The summed E-state index contributed by atoms with van der Waals surface area (Å²) in [6.07, 6.45) is 11.8. The summed E-state index contributed by atoms with van der Waals surface area (Å²) in [6, 6.07) is 0. The largest absolute Gasteiger partial charge is 0.493 e. The fourth-order valence-corrected chi connectivity index (χ4v) is 2.30. The van der Waals surface area contributed by atoms with Crippen molar-refractivity contribution in [2.24, 2.45) is 5.92 Å². The van der Waals surface area contributed by atoms with E-state index in [0.717, 1.165) is 29.7 Å². The first-order chi connectivity index (χ1) is 11.9. The standard InChI is InChI=1S/C22H32O3/c1-7-21(19(6)25-17(4)14-23)13-20-9-8-10-22(12-11-20)18(5)24-15-16(2)3/h7-8,10,12-13,16-17,23H,5-6,9,11,14-15H2,1-4H3/b20-13-,21-7+. The molecule has 3 nitrogen and oxygen atoms in total. The van der Waals surface area contributed by atoms with Gasteiger partial charge in [0.15, 0.2) is 0 Å². The normalized spacial score (nSPS) is 17.9. The quantitative estimate of drug-likeness (QED) is 0.459. The molecule has 0 aromatic heterocycles. The lowest BCUT2D eigenvalue weighted by molar-refractivity contribution is 0.0776. The third-order valence-electron chi connectivity index (χ3n) is 3.77. The average Bonchev–Trinajstić information content (AvgIpc) is 2.82. The van der Waals surface area contributed by atoms with Gasteiger partial charge in [-0.05, 0) is 32.6 Å². The molecule has 138 valence electrons. The number of rotatable bonds is 9. The summed E-state index contributed by atoms with van der Waals surface area (Å²) in [5, 5.41) is 9.12. The first kappa shape index (κ1) is 21.0. The van der Waals surface area contributed by atoms with Crippen LogP contribution in [0.3, 0.4) is 0 Å². The minimum absolute atomic E-state index is 0.0279. The van der Waals surface area contributed by atoms with Crippen LogP contribution in [-0.4, -0.2) is 24.4 Å². The maximum atomic E-state index is 9.12. The van der Waals surface area contributed by atoms with Crippen LogP contribution in [0.1, 0.15) is 40.5 Å². The molecular formula is C22H32O3. The van der Waals surface area contributed by atoms with Crippen LogP contribution in [0.5, 0.6) is 0 Å². The zero-order valence-corrected chi connectivity index (χ0v) is 16.0. The Hall–Kier alpha value is -2.00. The maximum Gasteiger partial charge on any atom is 0.119 e. The zero-order valence-electron chi connectivity index (χ0n) is 16.0. The van der Waals surface area contributed by atoms with Gasteiger partial charge >= 0.3 is 0 Å². The summed E-state index contributed by atoms with van der Waals surface area (Å²) in [5.41, 5.74) is 3.24. The molecule has 1 rings (SSSR count). The SMILES string of the molecule is C=C(OCC(C)C)C1=CC/C(=C\C(=C/C)C(=C)OC(C)CO)CC=C1. The summed E-state index contributed by atoms with van der Waals surface area (Å²) in [5.74, 6) is 1.78. The van der Waals surface area contributed by atoms with Gasteiger partial charge in [0.25, 0.3) is 0 Å². The molecule has 0 saturated carbocycles. The first-order valence-electron chi connectivity index (χ1n) is 8.88. The number of ether oxygens (including phenoxy) is 2. The molecule has 25 heavy (non-hydrogen) atoms. The predicted octanol–water partition coefficient (Wildman–Crippen LogP) is 5.23. The molecule has 0 heterocycles. The van der Waals surface area contributed by atoms with Crippen molar-refractivity contribution in [3.63, 3.8) is 0 Å². The molecule has 0 amide bonds. The summed E-state index contributed by atoms with van der Waals surface area (Å²) in [7, 11) is 0. The van der Waals surface area contributed by atoms with E-state index < -0.39 is 0 Å². The topological polar surface area (TPSA) is 38.7 Å². The highest BCUT2D eigenvalue weighted by Crippen LogP contribution is 2.24. The molecule has 1 aliphatic carbocycles. The van der Waals surface area contributed by atoms with E-state index in [4.69, 9.17) is 14.6 Å². The molecule has 0 fully saturated rings. The molecule has 1 aliphatic rings. The van der Waals surface area contributed by atoms with E-state index in [1.165, 1.54) is 5.57 Å². The van der Waals surface area contributed by atoms with Gasteiger partial charge < -0.3 is 14.6 Å². The van der Waals surface area contributed by atoms with Crippen molar-refractivity contribution in [2.45, 2.75) is 46.6 Å². The number of allylic oxidation sites excluding steroid dienone is 6. The molecular weight excluding hydrogens is 312 g/mol. The molecule has 0 aliphatic heterocycles. The number of hydrogen-bond donors (Lipinski definition) is 1. The molecule has 3 heteroatoms. The van der Waals surface area contributed by atoms with Gasteiger partial charge in [-0.3, -0.25) is 0 Å². The molecule has 1 N–H and O–H groups in total. The van der Waals surface area contributed by atoms with Gasteiger partial charge in [0.2, 0.25) is 0 Å². The fraction of sp³-hybridized carbons (Fsp3) is 0.455. The van der Waals surface area contributed by atoms with E-state index in [9.17, 15) is 0 Å². The van der Waals surface area contributed by atoms with Crippen LogP contribution in [0.25, 0.3) is 0 Å². The van der Waals surface area contributed by atoms with E-state index in [-0.39, 0.29) is 12.7 Å². The molecule has 0 aromatic carbocycles. The van der Waals surface area contributed by atoms with Gasteiger partial charge in [0, 0.05) is 11.1 Å². The van der Waals surface area contributed by atoms with Crippen LogP contribution < -0.4 is 0 Å². The van der Waals surface area contributed by atoms with E-state index >= 15 is 0 Å². The molecule has 0 bridgehead atoms. The molecule has 0 spiro atoms. The Morgan fingerprint density at radius 2 is 2.00 bits per heavy atom. The Kier molecular flexibility index (Phi) is 9.07. The van der Waals surface area contributed by atoms with Crippen molar-refractivity contribution in [2.75, 3.05) is 13.2 Å². The van der Waals surface area contributed by atoms with Gasteiger partial charge in [-0.25, -0.2) is 0 Å². The minimum atomic E-state index is -0.261. The van der Waals surface area contributed by atoms with E-state index in [1.54, 1.807) is 0 Å². The van der Waals surface area contributed by atoms with Crippen molar-refractivity contribution >= 4 is 0 Å². The second kappa shape index (κ2) is 10.8. The summed E-state index contributed by atoms with van der Waals surface area (Å²) in [6.45, 7) is 16.7. The van der Waals surface area contributed by atoms with Crippen LogP contribution in [0.2, 0.25) is 0 Å². The van der Waals surface area contributed by atoms with Crippen LogP contribution in [0, 0.1) is 5.92 Å². The van der Waals surface area contributed by atoms with Crippen molar-refractivity contribution in [3.8, 4) is 0 Å². The van der Waals surface area contributed by atoms with Gasteiger partial charge in [-0.2, -0.15) is 0 Å². The highest BCUT2D eigenvalue weighted by molar-refractivity contribution is 5.42. The van der Waals surface area contributed by atoms with Crippen molar-refractivity contribution < 1.29 is 14.6 Å². The van der Waals surface area contributed by atoms with Crippen LogP contribution in [-0.2, 0) is 9.47 Å². The summed E-state index contributed by atoms with van der Waals surface area (Å²) >= 11 is 0. The predicted molar refractivity (Wildman–Crippen MR) is 105 cm³/mol. The monoisotopic (exact) mass is 344 g/mol. The van der Waals surface area contributed by atoms with E-state index in [1.807, 2.05) is 19.9 Å². The Morgan fingerprint density at radius 1 is 1.28 bits per heavy atom. The van der Waals surface area contributed by atoms with Gasteiger partial charge in [-0.15, -0.1) is 0 Å². The molecule has 0 aromatic rings. The molecule has 1 unspecified atom stereocenters. The van der Waals surface area contributed by atoms with E-state index in [2.05, 4.69) is 51.3 Å². The lowest BCUT2D eigenvalue weighted by Gasteiger charge is -2.15. The molecule has 0 saturated heterocycles. The third-order valence-corrected chi connectivity index (χ3v) is 3.77. The number of aliphatic hydroxyl groups excluding tert-OH is 1. The first-order valence-corrected chi connectivity index (χ1v) is 8.88. The minimum Gasteiger partial charge on any atom is -0.493 e. The van der Waals surface area contributed by atoms with Crippen molar-refractivity contribution in [1.82, 2.24) is 0 Å². The number of hydrogen-bond acceptors (Lipinski definition) is 3. The Bertz CT molecular complexity index is 588. The van der Waals surface area contributed by atoms with Crippen LogP contribution >= 0.6 is 0 Å². The van der Waals surface area contributed by atoms with Gasteiger partial charge in [0.1, 0.15) is 17.6 Å². The highest BCUT2D eigenvalue weighted by Gasteiger charge is 2.09. The second-order valence-corrected chi connectivity index (χ2v) is 6.68. The van der Waals surface area contributed by atoms with Crippen molar-refractivity contribution in [1.29, 1.82) is 0 Å². The van der Waals surface area contributed by atoms with Gasteiger partial charge in [-0.1, -0.05) is 63.0 Å². The number of aliphatic hydroxyl groups is 1. The third kappa shape index (κ3) is 7.61. The lowest BCUT2D eigenvalue weighted by Crippen LogP contribution is -2.12. The second-order valence-electron chi connectivity index (χ2n) is 6.68. The summed E-state index contributed by atoms with van der Waals surface area (Å²) in [4.78, 5) is 0. The molecule has 1 atom stereocenters. The highest BCUT2D eigenvalue weighted by atomic mass is 16.5. The van der Waals surface area contributed by atoms with E-state index in [0.29, 0.717) is 18.3 Å².